The zero-order chi connectivity index (χ0) is 12.1. The van der Waals surface area contributed by atoms with Gasteiger partial charge in [-0.25, -0.2) is 0 Å². The van der Waals surface area contributed by atoms with Gasteiger partial charge in [-0.05, 0) is 57.9 Å². The monoisotopic (exact) mass is 220 g/mol. The van der Waals surface area contributed by atoms with Crippen molar-refractivity contribution < 1.29 is 4.79 Å². The first-order chi connectivity index (χ1) is 7.49. The van der Waals surface area contributed by atoms with E-state index in [-0.39, 0.29) is 0 Å². The molecule has 0 N–H and O–H groups in total. The van der Waals surface area contributed by atoms with E-state index in [1.54, 1.807) is 6.08 Å². The van der Waals surface area contributed by atoms with Gasteiger partial charge in [0.2, 0.25) is 0 Å². The highest BCUT2D eigenvalue weighted by atomic mass is 16.1. The van der Waals surface area contributed by atoms with Gasteiger partial charge in [0, 0.05) is 6.42 Å². The molecule has 1 nitrogen and oxygen atoms in total. The molecule has 0 bridgehead atoms. The molecule has 0 aromatic heterocycles. The molecule has 0 aliphatic heterocycles. The van der Waals surface area contributed by atoms with Gasteiger partial charge in [-0.1, -0.05) is 24.1 Å². The third-order valence-corrected chi connectivity index (χ3v) is 3.46. The Kier molecular flexibility index (Phi) is 4.98. The van der Waals surface area contributed by atoms with Crippen LogP contribution in [0.3, 0.4) is 0 Å². The first-order valence-corrected chi connectivity index (χ1v) is 6.32. The summed E-state index contributed by atoms with van der Waals surface area (Å²) in [7, 11) is 0. The van der Waals surface area contributed by atoms with Gasteiger partial charge in [0.05, 0.1) is 0 Å². The van der Waals surface area contributed by atoms with Crippen molar-refractivity contribution in [2.24, 2.45) is 11.8 Å². The molecule has 0 saturated carbocycles. The summed E-state index contributed by atoms with van der Waals surface area (Å²) in [5.74, 6) is 1.52. The van der Waals surface area contributed by atoms with Crippen molar-refractivity contribution in [3.63, 3.8) is 0 Å². The van der Waals surface area contributed by atoms with E-state index in [1.807, 2.05) is 13.8 Å². The highest BCUT2D eigenvalue weighted by Crippen LogP contribution is 2.30. The van der Waals surface area contributed by atoms with E-state index in [9.17, 15) is 4.79 Å². The minimum absolute atomic E-state index is 0.291. The number of carbonyl (C=O) groups is 1. The van der Waals surface area contributed by atoms with Gasteiger partial charge in [0.25, 0.3) is 0 Å². The molecular formula is C15H24O. The van der Waals surface area contributed by atoms with Crippen LogP contribution >= 0.6 is 0 Å². The fourth-order valence-corrected chi connectivity index (χ4v) is 2.37. The number of hydrogen-bond acceptors (Lipinski definition) is 1. The fraction of sp³-hybridized carbons (Fsp3) is 0.667. The maximum atomic E-state index is 11.7. The van der Waals surface area contributed by atoms with E-state index >= 15 is 0 Å². The Morgan fingerprint density at radius 2 is 2.25 bits per heavy atom. The summed E-state index contributed by atoms with van der Waals surface area (Å²) in [4.78, 5) is 11.7. The molecule has 0 aromatic rings. The molecule has 1 heteroatoms. The van der Waals surface area contributed by atoms with Crippen LogP contribution in [-0.2, 0) is 4.79 Å². The number of ketones is 1. The molecule has 1 aliphatic rings. The third-order valence-electron chi connectivity index (χ3n) is 3.46. The van der Waals surface area contributed by atoms with Crippen LogP contribution in [0.15, 0.2) is 23.3 Å². The van der Waals surface area contributed by atoms with E-state index in [0.717, 1.165) is 12.0 Å². The minimum Gasteiger partial charge on any atom is -0.295 e. The van der Waals surface area contributed by atoms with Crippen LogP contribution in [0.4, 0.5) is 0 Å². The summed E-state index contributed by atoms with van der Waals surface area (Å²) in [6, 6.07) is 0. The van der Waals surface area contributed by atoms with Crippen molar-refractivity contribution in [3.05, 3.63) is 23.3 Å². The summed E-state index contributed by atoms with van der Waals surface area (Å²) in [5, 5.41) is 0. The SMILES string of the molecule is CC(C)=CC(=O)CC(C)C1CC=C(C)CC1. The summed E-state index contributed by atoms with van der Waals surface area (Å²) < 4.78 is 0. The number of hydrogen-bond donors (Lipinski definition) is 0. The van der Waals surface area contributed by atoms with Gasteiger partial charge in [0.15, 0.2) is 5.78 Å². The molecule has 0 saturated heterocycles. The Hall–Kier alpha value is -0.850. The summed E-state index contributed by atoms with van der Waals surface area (Å²) in [5.41, 5.74) is 2.62. The number of allylic oxidation sites excluding steroid dienone is 4. The molecule has 0 fully saturated rings. The first kappa shape index (κ1) is 13.2. The highest BCUT2D eigenvalue weighted by molar-refractivity contribution is 5.90. The standard InChI is InChI=1S/C15H24O/c1-11(2)9-15(16)10-13(4)14-7-5-12(3)6-8-14/h5,9,13-14H,6-8,10H2,1-4H3. The molecule has 0 amide bonds. The molecule has 90 valence electrons. The van der Waals surface area contributed by atoms with Crippen molar-refractivity contribution >= 4 is 5.78 Å². The second-order valence-electron chi connectivity index (χ2n) is 5.45. The van der Waals surface area contributed by atoms with Crippen LogP contribution in [0.1, 0.15) is 53.4 Å². The van der Waals surface area contributed by atoms with E-state index < -0.39 is 0 Å². The zero-order valence-electron chi connectivity index (χ0n) is 11.0. The van der Waals surface area contributed by atoms with Crippen LogP contribution in [0.5, 0.6) is 0 Å². The molecule has 0 spiro atoms. The Morgan fingerprint density at radius 3 is 2.75 bits per heavy atom. The van der Waals surface area contributed by atoms with E-state index in [2.05, 4.69) is 19.9 Å². The molecule has 2 unspecified atom stereocenters. The summed E-state index contributed by atoms with van der Waals surface area (Å²) in [6.45, 7) is 8.38. The molecule has 0 aromatic carbocycles. The third kappa shape index (κ3) is 4.34. The van der Waals surface area contributed by atoms with Crippen molar-refractivity contribution in [2.75, 3.05) is 0 Å². The lowest BCUT2D eigenvalue weighted by Gasteiger charge is -2.25. The van der Waals surface area contributed by atoms with Crippen molar-refractivity contribution in [2.45, 2.75) is 53.4 Å². The van der Waals surface area contributed by atoms with Gasteiger partial charge in [-0.2, -0.15) is 0 Å². The quantitative estimate of drug-likeness (QED) is 0.510. The fourth-order valence-electron chi connectivity index (χ4n) is 2.37. The van der Waals surface area contributed by atoms with E-state index in [4.69, 9.17) is 0 Å². The summed E-state index contributed by atoms with van der Waals surface area (Å²) >= 11 is 0. The average molecular weight is 220 g/mol. The first-order valence-electron chi connectivity index (χ1n) is 6.32. The summed E-state index contributed by atoms with van der Waals surface area (Å²) in [6.07, 6.45) is 8.46. The largest absolute Gasteiger partial charge is 0.295 e. The number of carbonyl (C=O) groups excluding carboxylic acids is 1. The maximum absolute atomic E-state index is 11.7. The van der Waals surface area contributed by atoms with Gasteiger partial charge in [-0.3, -0.25) is 4.79 Å². The Labute approximate surface area is 99.6 Å². The Bertz CT molecular complexity index is 305. The molecule has 1 aliphatic carbocycles. The van der Waals surface area contributed by atoms with Crippen molar-refractivity contribution in [3.8, 4) is 0 Å². The van der Waals surface area contributed by atoms with Crippen LogP contribution in [-0.4, -0.2) is 5.78 Å². The molecule has 0 radical (unpaired) electrons. The van der Waals surface area contributed by atoms with Gasteiger partial charge >= 0.3 is 0 Å². The van der Waals surface area contributed by atoms with Crippen molar-refractivity contribution in [1.29, 1.82) is 0 Å². The van der Waals surface area contributed by atoms with Crippen LogP contribution < -0.4 is 0 Å². The van der Waals surface area contributed by atoms with Crippen LogP contribution in [0, 0.1) is 11.8 Å². The lowest BCUT2D eigenvalue weighted by atomic mass is 9.79. The molecular weight excluding hydrogens is 196 g/mol. The maximum Gasteiger partial charge on any atom is 0.155 e. The Morgan fingerprint density at radius 1 is 1.56 bits per heavy atom. The second-order valence-corrected chi connectivity index (χ2v) is 5.45. The molecule has 2 atom stereocenters. The topological polar surface area (TPSA) is 17.1 Å². The molecule has 0 heterocycles. The van der Waals surface area contributed by atoms with Gasteiger partial charge in [0.1, 0.15) is 0 Å². The zero-order valence-corrected chi connectivity index (χ0v) is 11.0. The normalized spacial score (nSPS) is 22.2. The van der Waals surface area contributed by atoms with Crippen LogP contribution in [0.2, 0.25) is 0 Å². The minimum atomic E-state index is 0.291. The molecule has 16 heavy (non-hydrogen) atoms. The predicted molar refractivity (Wildman–Crippen MR) is 69.3 cm³/mol. The Balaban J connectivity index is 2.44. The second kappa shape index (κ2) is 6.03. The smallest absolute Gasteiger partial charge is 0.155 e. The molecule has 1 rings (SSSR count). The van der Waals surface area contributed by atoms with E-state index in [1.165, 1.54) is 18.4 Å². The van der Waals surface area contributed by atoms with Gasteiger partial charge in [-0.15, -0.1) is 0 Å². The predicted octanol–water partition coefficient (Wildman–Crippen LogP) is 4.29. The van der Waals surface area contributed by atoms with Gasteiger partial charge < -0.3 is 0 Å². The van der Waals surface area contributed by atoms with Crippen LogP contribution in [0.25, 0.3) is 0 Å². The lowest BCUT2D eigenvalue weighted by Crippen LogP contribution is -2.17. The van der Waals surface area contributed by atoms with E-state index in [0.29, 0.717) is 24.0 Å². The average Bonchev–Trinajstić information content (AvgIpc) is 2.16. The lowest BCUT2D eigenvalue weighted by molar-refractivity contribution is -0.115. The van der Waals surface area contributed by atoms with Crippen molar-refractivity contribution in [1.82, 2.24) is 0 Å². The number of rotatable bonds is 4. The highest BCUT2D eigenvalue weighted by Gasteiger charge is 2.20.